The zero-order valence-electron chi connectivity index (χ0n) is 23.7. The second kappa shape index (κ2) is 8.70. The van der Waals surface area contributed by atoms with Crippen LogP contribution < -0.4 is 0 Å². The molecule has 0 aromatic heterocycles. The van der Waals surface area contributed by atoms with Crippen molar-refractivity contribution in [1.82, 2.24) is 0 Å². The summed E-state index contributed by atoms with van der Waals surface area (Å²) in [6.45, 7) is 17.3. The van der Waals surface area contributed by atoms with Gasteiger partial charge in [0.15, 0.2) is 8.32 Å². The first-order valence-electron chi connectivity index (χ1n) is 14.7. The van der Waals surface area contributed by atoms with Crippen molar-refractivity contribution in [2.24, 2.45) is 34.5 Å². The fourth-order valence-corrected chi connectivity index (χ4v) is 10.6. The first-order valence-corrected chi connectivity index (χ1v) is 17.6. The van der Waals surface area contributed by atoms with Crippen LogP contribution in [0.3, 0.4) is 0 Å². The summed E-state index contributed by atoms with van der Waals surface area (Å²) in [5.41, 5.74) is 1.55. The van der Waals surface area contributed by atoms with Crippen LogP contribution in [-0.2, 0) is 10.8 Å². The Morgan fingerprint density at radius 2 is 1.57 bits per heavy atom. The lowest BCUT2D eigenvalue weighted by atomic mass is 9.44. The highest BCUT2D eigenvalue weighted by Gasteiger charge is 2.62. The van der Waals surface area contributed by atoms with E-state index in [1.54, 1.807) is 0 Å². The molecule has 1 aromatic carbocycles. The molecule has 0 radical (unpaired) electrons. The molecule has 5 rings (SSSR count). The molecule has 196 valence electrons. The number of hydrogen-bond donors (Lipinski definition) is 1. The number of rotatable bonds is 4. The standard InChI is InChI=1S/C32H52O2Si/c1-29(2,3)35(6,7)34-28-16-15-26-25-14-13-24-22-32(33,21-23-11-9-8-10-12-23)20-19-30(24,4)27(25)17-18-31(26,28)5/h8-12,24-28,33H,13-22H2,1-7H3/t24?,25-,26-,27-,28-,30-,31-,32-/m0/s1. The molecule has 1 N–H and O–H groups in total. The third kappa shape index (κ3) is 4.40. The van der Waals surface area contributed by atoms with E-state index in [1.807, 2.05) is 0 Å². The van der Waals surface area contributed by atoms with E-state index in [2.05, 4.69) is 78.0 Å². The number of aliphatic hydroxyl groups is 1. The molecule has 3 heteroatoms. The van der Waals surface area contributed by atoms with Crippen molar-refractivity contribution in [2.45, 2.75) is 129 Å². The Morgan fingerprint density at radius 1 is 0.886 bits per heavy atom. The lowest BCUT2D eigenvalue weighted by molar-refractivity contribution is -0.153. The third-order valence-electron chi connectivity index (χ3n) is 12.4. The van der Waals surface area contributed by atoms with Gasteiger partial charge in [-0.3, -0.25) is 0 Å². The van der Waals surface area contributed by atoms with Crippen molar-refractivity contribution in [3.8, 4) is 0 Å². The molecule has 35 heavy (non-hydrogen) atoms. The molecule has 4 aliphatic rings. The van der Waals surface area contributed by atoms with E-state index in [4.69, 9.17) is 4.43 Å². The second-order valence-corrected chi connectivity index (χ2v) is 20.0. The van der Waals surface area contributed by atoms with E-state index < -0.39 is 13.9 Å². The van der Waals surface area contributed by atoms with Gasteiger partial charge in [0, 0.05) is 6.42 Å². The van der Waals surface area contributed by atoms with Crippen LogP contribution >= 0.6 is 0 Å². The van der Waals surface area contributed by atoms with Crippen LogP contribution in [0.4, 0.5) is 0 Å². The molecule has 1 aromatic rings. The molecule has 8 atom stereocenters. The quantitative estimate of drug-likeness (QED) is 0.424. The first-order chi connectivity index (χ1) is 16.3. The average molecular weight is 497 g/mol. The van der Waals surface area contributed by atoms with Gasteiger partial charge in [-0.25, -0.2) is 0 Å². The highest BCUT2D eigenvalue weighted by atomic mass is 28.4. The minimum atomic E-state index is -1.76. The molecular formula is C32H52O2Si. The largest absolute Gasteiger partial charge is 0.413 e. The van der Waals surface area contributed by atoms with Gasteiger partial charge >= 0.3 is 0 Å². The second-order valence-electron chi connectivity index (χ2n) is 15.2. The zero-order valence-corrected chi connectivity index (χ0v) is 24.7. The van der Waals surface area contributed by atoms with Gasteiger partial charge in [0.1, 0.15) is 0 Å². The number of fused-ring (bicyclic) bond motifs is 5. The van der Waals surface area contributed by atoms with Gasteiger partial charge in [-0.05, 0) is 116 Å². The SMILES string of the molecule is CC(C)(C)[Si](C)(C)O[C@H]1CC[C@H]2[C@@H]3CCC4C[C@@](O)(Cc5ccccc5)CC[C@]4(C)[C@H]3CC[C@]12C. The highest BCUT2D eigenvalue weighted by Crippen LogP contribution is 2.67. The Hall–Kier alpha value is -0.643. The molecule has 4 saturated carbocycles. The Balaban J connectivity index is 1.31. The molecule has 0 amide bonds. The molecule has 0 bridgehead atoms. The fourth-order valence-electron chi connectivity index (χ4n) is 9.14. The van der Waals surface area contributed by atoms with Crippen molar-refractivity contribution in [3.05, 3.63) is 35.9 Å². The minimum absolute atomic E-state index is 0.281. The lowest BCUT2D eigenvalue weighted by Gasteiger charge is -2.62. The van der Waals surface area contributed by atoms with Crippen LogP contribution in [0.25, 0.3) is 0 Å². The predicted molar refractivity (Wildman–Crippen MR) is 149 cm³/mol. The van der Waals surface area contributed by atoms with Gasteiger partial charge in [0.2, 0.25) is 0 Å². The molecule has 4 aliphatic carbocycles. The molecular weight excluding hydrogens is 444 g/mol. The molecule has 2 nitrogen and oxygen atoms in total. The van der Waals surface area contributed by atoms with Gasteiger partial charge in [-0.1, -0.05) is 65.0 Å². The van der Waals surface area contributed by atoms with Gasteiger partial charge in [-0.2, -0.15) is 0 Å². The van der Waals surface area contributed by atoms with Crippen LogP contribution in [0.2, 0.25) is 18.1 Å². The number of hydrogen-bond acceptors (Lipinski definition) is 2. The van der Waals surface area contributed by atoms with E-state index >= 15 is 0 Å². The molecule has 0 spiro atoms. The van der Waals surface area contributed by atoms with Crippen molar-refractivity contribution >= 4 is 8.32 Å². The summed E-state index contributed by atoms with van der Waals surface area (Å²) in [6.07, 6.45) is 12.5. The van der Waals surface area contributed by atoms with Gasteiger partial charge in [-0.15, -0.1) is 0 Å². The Bertz CT molecular complexity index is 906. The summed E-state index contributed by atoms with van der Waals surface area (Å²) in [5, 5.41) is 11.9. The Kier molecular flexibility index (Phi) is 6.46. The summed E-state index contributed by atoms with van der Waals surface area (Å²) in [5.74, 6) is 3.21. The van der Waals surface area contributed by atoms with Crippen LogP contribution in [0.5, 0.6) is 0 Å². The van der Waals surface area contributed by atoms with Crippen LogP contribution in [0, 0.1) is 34.5 Å². The van der Waals surface area contributed by atoms with Gasteiger partial charge < -0.3 is 9.53 Å². The summed E-state index contributed by atoms with van der Waals surface area (Å²) < 4.78 is 7.14. The third-order valence-corrected chi connectivity index (χ3v) is 16.8. The smallest absolute Gasteiger partial charge is 0.192 e. The maximum Gasteiger partial charge on any atom is 0.192 e. The normalized spacial score (nSPS) is 43.8. The predicted octanol–water partition coefficient (Wildman–Crippen LogP) is 8.39. The van der Waals surface area contributed by atoms with Crippen LogP contribution in [0.15, 0.2) is 30.3 Å². The lowest BCUT2D eigenvalue weighted by Crippen LogP contribution is -2.57. The molecule has 1 unspecified atom stereocenters. The monoisotopic (exact) mass is 496 g/mol. The van der Waals surface area contributed by atoms with E-state index in [1.165, 1.54) is 50.5 Å². The summed E-state index contributed by atoms with van der Waals surface area (Å²) >= 11 is 0. The van der Waals surface area contributed by atoms with Crippen LogP contribution in [-0.4, -0.2) is 25.1 Å². The maximum atomic E-state index is 11.7. The Morgan fingerprint density at radius 3 is 2.26 bits per heavy atom. The highest BCUT2D eigenvalue weighted by molar-refractivity contribution is 6.74. The average Bonchev–Trinajstić information content (AvgIpc) is 3.10. The zero-order chi connectivity index (χ0) is 25.3. The van der Waals surface area contributed by atoms with E-state index in [9.17, 15) is 5.11 Å². The first kappa shape index (κ1) is 26.0. The molecule has 4 fully saturated rings. The van der Waals surface area contributed by atoms with E-state index in [0.717, 1.165) is 37.0 Å². The molecule has 0 aliphatic heterocycles. The van der Waals surface area contributed by atoms with Crippen molar-refractivity contribution in [3.63, 3.8) is 0 Å². The van der Waals surface area contributed by atoms with E-state index in [-0.39, 0.29) is 5.04 Å². The van der Waals surface area contributed by atoms with Crippen molar-refractivity contribution in [1.29, 1.82) is 0 Å². The fraction of sp³-hybridized carbons (Fsp3) is 0.812. The Labute approximate surface area is 216 Å². The van der Waals surface area contributed by atoms with Crippen LogP contribution in [0.1, 0.15) is 98.0 Å². The maximum absolute atomic E-state index is 11.7. The van der Waals surface area contributed by atoms with E-state index in [0.29, 0.717) is 22.9 Å². The molecule has 0 saturated heterocycles. The van der Waals surface area contributed by atoms with Gasteiger partial charge in [0.25, 0.3) is 0 Å². The summed E-state index contributed by atoms with van der Waals surface area (Å²) in [4.78, 5) is 0. The van der Waals surface area contributed by atoms with Gasteiger partial charge in [0.05, 0.1) is 11.7 Å². The van der Waals surface area contributed by atoms with Crippen molar-refractivity contribution < 1.29 is 9.53 Å². The summed E-state index contributed by atoms with van der Waals surface area (Å²) in [6, 6.07) is 10.7. The van der Waals surface area contributed by atoms with Crippen molar-refractivity contribution in [2.75, 3.05) is 0 Å². The molecule has 0 heterocycles. The topological polar surface area (TPSA) is 29.5 Å². The minimum Gasteiger partial charge on any atom is -0.413 e. The summed E-state index contributed by atoms with van der Waals surface area (Å²) in [7, 11) is -1.76. The number of benzene rings is 1.